The lowest BCUT2D eigenvalue weighted by atomic mass is 10.1. The summed E-state index contributed by atoms with van der Waals surface area (Å²) in [5.74, 6) is 1.52. The third-order valence-electron chi connectivity index (χ3n) is 2.80. The summed E-state index contributed by atoms with van der Waals surface area (Å²) < 4.78 is 13.4. The maximum Gasteiger partial charge on any atom is 0.255 e. The molecule has 1 aromatic rings. The van der Waals surface area contributed by atoms with Crippen molar-refractivity contribution in [2.24, 2.45) is 0 Å². The van der Waals surface area contributed by atoms with Crippen LogP contribution in [-0.4, -0.2) is 23.9 Å². The average molecular weight is 217 g/mol. The molecule has 0 unspecified atom stereocenters. The first-order valence-electron chi connectivity index (χ1n) is 5.17. The van der Waals surface area contributed by atoms with E-state index in [1.165, 1.54) is 12.1 Å². The van der Waals surface area contributed by atoms with Gasteiger partial charge in [-0.05, 0) is 25.0 Å². The van der Waals surface area contributed by atoms with Crippen molar-refractivity contribution in [3.8, 4) is 12.3 Å². The molecule has 1 amide bonds. The van der Waals surface area contributed by atoms with E-state index in [4.69, 9.17) is 6.42 Å². The van der Waals surface area contributed by atoms with Gasteiger partial charge in [0.1, 0.15) is 5.82 Å². The van der Waals surface area contributed by atoms with Crippen LogP contribution >= 0.6 is 0 Å². The fourth-order valence-corrected chi connectivity index (χ4v) is 1.67. The Balaban J connectivity index is 2.36. The molecule has 16 heavy (non-hydrogen) atoms. The van der Waals surface area contributed by atoms with Crippen LogP contribution in [0.2, 0.25) is 0 Å². The second-order valence-electron chi connectivity index (χ2n) is 3.95. The van der Waals surface area contributed by atoms with Crippen LogP contribution in [-0.2, 0) is 0 Å². The second kappa shape index (κ2) is 3.97. The Kier molecular flexibility index (Phi) is 2.66. The lowest BCUT2D eigenvalue weighted by molar-refractivity contribution is 0.0784. The molecule has 0 N–H and O–H groups in total. The first-order chi connectivity index (χ1) is 7.65. The van der Waals surface area contributed by atoms with Crippen molar-refractivity contribution < 1.29 is 9.18 Å². The fourth-order valence-electron chi connectivity index (χ4n) is 1.67. The molecular formula is C13H12FNO. The van der Waals surface area contributed by atoms with E-state index in [-0.39, 0.29) is 17.0 Å². The maximum absolute atomic E-state index is 13.4. The molecular weight excluding hydrogens is 205 g/mol. The van der Waals surface area contributed by atoms with Crippen molar-refractivity contribution in [1.29, 1.82) is 0 Å². The summed E-state index contributed by atoms with van der Waals surface area (Å²) in [5, 5.41) is 0. The van der Waals surface area contributed by atoms with Crippen molar-refractivity contribution >= 4 is 5.91 Å². The molecule has 1 aliphatic carbocycles. The number of terminal acetylenes is 1. The lowest BCUT2D eigenvalue weighted by Crippen LogP contribution is -2.29. The van der Waals surface area contributed by atoms with Crippen LogP contribution in [0.1, 0.15) is 28.8 Å². The summed E-state index contributed by atoms with van der Waals surface area (Å²) in [5.41, 5.74) is 0.330. The normalized spacial score (nSPS) is 14.3. The van der Waals surface area contributed by atoms with E-state index >= 15 is 0 Å². The number of rotatable bonds is 2. The van der Waals surface area contributed by atoms with E-state index in [1.54, 1.807) is 18.0 Å². The van der Waals surface area contributed by atoms with Gasteiger partial charge in [-0.25, -0.2) is 4.39 Å². The van der Waals surface area contributed by atoms with Crippen LogP contribution in [0.25, 0.3) is 0 Å². The Morgan fingerprint density at radius 1 is 1.56 bits per heavy atom. The molecule has 0 bridgehead atoms. The lowest BCUT2D eigenvalue weighted by Gasteiger charge is -2.17. The van der Waals surface area contributed by atoms with Gasteiger partial charge in [0, 0.05) is 13.1 Å². The predicted molar refractivity (Wildman–Crippen MR) is 59.5 cm³/mol. The van der Waals surface area contributed by atoms with Crippen molar-refractivity contribution in [2.75, 3.05) is 7.05 Å². The van der Waals surface area contributed by atoms with E-state index in [2.05, 4.69) is 5.92 Å². The van der Waals surface area contributed by atoms with Gasteiger partial charge in [0.2, 0.25) is 0 Å². The largest absolute Gasteiger partial charge is 0.339 e. The van der Waals surface area contributed by atoms with Gasteiger partial charge in [0.25, 0.3) is 5.91 Å². The van der Waals surface area contributed by atoms with Crippen LogP contribution in [0.5, 0.6) is 0 Å². The molecule has 0 aliphatic heterocycles. The van der Waals surface area contributed by atoms with Crippen LogP contribution in [0.3, 0.4) is 0 Å². The molecule has 0 radical (unpaired) electrons. The number of nitrogens with zero attached hydrogens (tertiary/aromatic N) is 1. The summed E-state index contributed by atoms with van der Waals surface area (Å²) in [4.78, 5) is 13.7. The van der Waals surface area contributed by atoms with Gasteiger partial charge >= 0.3 is 0 Å². The van der Waals surface area contributed by atoms with Crippen molar-refractivity contribution in [3.05, 3.63) is 35.1 Å². The Bertz CT molecular complexity index is 471. The Morgan fingerprint density at radius 3 is 2.81 bits per heavy atom. The maximum atomic E-state index is 13.4. The molecule has 0 heterocycles. The number of hydrogen-bond donors (Lipinski definition) is 0. The highest BCUT2D eigenvalue weighted by atomic mass is 19.1. The summed E-state index contributed by atoms with van der Waals surface area (Å²) >= 11 is 0. The molecule has 3 heteroatoms. The van der Waals surface area contributed by atoms with Crippen molar-refractivity contribution in [2.45, 2.75) is 18.9 Å². The predicted octanol–water partition coefficient (Wildman–Crippen LogP) is 2.04. The van der Waals surface area contributed by atoms with Crippen LogP contribution in [0.4, 0.5) is 4.39 Å². The Hall–Kier alpha value is -1.82. The number of hydrogen-bond acceptors (Lipinski definition) is 1. The third kappa shape index (κ3) is 1.79. The quantitative estimate of drug-likeness (QED) is 0.694. The summed E-state index contributed by atoms with van der Waals surface area (Å²) in [6.45, 7) is 0. The van der Waals surface area contributed by atoms with Gasteiger partial charge in [-0.15, -0.1) is 6.42 Å². The minimum absolute atomic E-state index is 0.0556. The van der Waals surface area contributed by atoms with E-state index in [9.17, 15) is 9.18 Å². The number of carbonyl (C=O) groups is 1. The first-order valence-corrected chi connectivity index (χ1v) is 5.17. The van der Waals surface area contributed by atoms with E-state index in [1.807, 2.05) is 0 Å². The van der Waals surface area contributed by atoms with Gasteiger partial charge in [-0.1, -0.05) is 12.0 Å². The number of benzene rings is 1. The number of amides is 1. The van der Waals surface area contributed by atoms with Gasteiger partial charge in [0.15, 0.2) is 0 Å². The molecule has 1 fully saturated rings. The van der Waals surface area contributed by atoms with Gasteiger partial charge in [-0.3, -0.25) is 4.79 Å². The van der Waals surface area contributed by atoms with Gasteiger partial charge in [0.05, 0.1) is 11.1 Å². The molecule has 0 aromatic heterocycles. The molecule has 1 aromatic carbocycles. The smallest absolute Gasteiger partial charge is 0.255 e. The minimum atomic E-state index is -0.516. The van der Waals surface area contributed by atoms with E-state index in [0.29, 0.717) is 6.04 Å². The Labute approximate surface area is 94.1 Å². The molecule has 0 atom stereocenters. The molecule has 0 saturated heterocycles. The SMILES string of the molecule is C#Cc1c(F)cccc1C(=O)N(C)C1CC1. The molecule has 1 saturated carbocycles. The van der Waals surface area contributed by atoms with Crippen molar-refractivity contribution in [3.63, 3.8) is 0 Å². The summed E-state index contributed by atoms with van der Waals surface area (Å²) in [6, 6.07) is 4.63. The molecule has 0 spiro atoms. The van der Waals surface area contributed by atoms with E-state index in [0.717, 1.165) is 12.8 Å². The second-order valence-corrected chi connectivity index (χ2v) is 3.95. The number of halogens is 1. The highest BCUT2D eigenvalue weighted by Crippen LogP contribution is 2.27. The topological polar surface area (TPSA) is 20.3 Å². The molecule has 2 rings (SSSR count). The monoisotopic (exact) mass is 217 g/mol. The fraction of sp³-hybridized carbons (Fsp3) is 0.308. The molecule has 1 aliphatic rings. The van der Waals surface area contributed by atoms with Crippen LogP contribution in [0, 0.1) is 18.2 Å². The minimum Gasteiger partial charge on any atom is -0.339 e. The van der Waals surface area contributed by atoms with Crippen LogP contribution < -0.4 is 0 Å². The van der Waals surface area contributed by atoms with Crippen LogP contribution in [0.15, 0.2) is 18.2 Å². The molecule has 2 nitrogen and oxygen atoms in total. The highest BCUT2D eigenvalue weighted by Gasteiger charge is 2.31. The molecule has 82 valence electrons. The zero-order valence-corrected chi connectivity index (χ0v) is 9.03. The number of carbonyl (C=O) groups excluding carboxylic acids is 1. The summed E-state index contributed by atoms with van der Waals surface area (Å²) in [7, 11) is 1.73. The summed E-state index contributed by atoms with van der Waals surface area (Å²) in [6.07, 6.45) is 7.25. The highest BCUT2D eigenvalue weighted by molar-refractivity contribution is 5.97. The zero-order chi connectivity index (χ0) is 11.7. The van der Waals surface area contributed by atoms with Gasteiger partial charge in [-0.2, -0.15) is 0 Å². The van der Waals surface area contributed by atoms with Crippen molar-refractivity contribution in [1.82, 2.24) is 4.90 Å². The average Bonchev–Trinajstić information content (AvgIpc) is 3.10. The zero-order valence-electron chi connectivity index (χ0n) is 9.03. The Morgan fingerprint density at radius 2 is 2.25 bits per heavy atom. The van der Waals surface area contributed by atoms with Gasteiger partial charge < -0.3 is 4.90 Å². The standard InChI is InChI=1S/C13H12FNO/c1-3-10-11(5-4-6-12(10)14)13(16)15(2)9-7-8-9/h1,4-6,9H,7-8H2,2H3. The third-order valence-corrected chi connectivity index (χ3v) is 2.80. The first kappa shape index (κ1) is 10.7. The van der Waals surface area contributed by atoms with E-state index < -0.39 is 5.82 Å².